The summed E-state index contributed by atoms with van der Waals surface area (Å²) >= 11 is 1.80. The fraction of sp³-hybridized carbons (Fsp3) is 0.500. The Kier molecular flexibility index (Phi) is 6.37. The maximum atomic E-state index is 12.9. The SMILES string of the molecule is COc1ccc2c(c1)OC(C)CN(CC(=O)N1CCN(Cc3cccs3)CC1)C2. The van der Waals surface area contributed by atoms with Gasteiger partial charge in [0.25, 0.3) is 0 Å². The summed E-state index contributed by atoms with van der Waals surface area (Å²) in [4.78, 5) is 21.0. The minimum atomic E-state index is 0.0267. The van der Waals surface area contributed by atoms with Crippen LogP contribution < -0.4 is 9.47 Å². The van der Waals surface area contributed by atoms with Gasteiger partial charge in [-0.2, -0.15) is 0 Å². The van der Waals surface area contributed by atoms with Crippen LogP contribution in [0, 0.1) is 0 Å². The second kappa shape index (κ2) is 9.15. The van der Waals surface area contributed by atoms with E-state index in [0.717, 1.165) is 56.3 Å². The number of hydrogen-bond donors (Lipinski definition) is 0. The van der Waals surface area contributed by atoms with Crippen LogP contribution in [0.4, 0.5) is 0 Å². The molecule has 2 aliphatic heterocycles. The average Bonchev–Trinajstić information content (AvgIpc) is 3.16. The molecule has 0 radical (unpaired) electrons. The highest BCUT2D eigenvalue weighted by atomic mass is 32.1. The molecule has 0 bridgehead atoms. The van der Waals surface area contributed by atoms with Crippen molar-refractivity contribution in [3.63, 3.8) is 0 Å². The summed E-state index contributed by atoms with van der Waals surface area (Å²) in [7, 11) is 1.66. The van der Waals surface area contributed by atoms with E-state index in [1.54, 1.807) is 18.4 Å². The average molecular weight is 416 g/mol. The van der Waals surface area contributed by atoms with Gasteiger partial charge in [-0.25, -0.2) is 0 Å². The van der Waals surface area contributed by atoms with E-state index in [1.165, 1.54) is 4.88 Å². The number of amides is 1. The lowest BCUT2D eigenvalue weighted by atomic mass is 10.2. The van der Waals surface area contributed by atoms with E-state index >= 15 is 0 Å². The Labute approximate surface area is 176 Å². The van der Waals surface area contributed by atoms with Crippen LogP contribution in [0.25, 0.3) is 0 Å². The van der Waals surface area contributed by atoms with Gasteiger partial charge in [-0.3, -0.25) is 14.6 Å². The highest BCUT2D eigenvalue weighted by Crippen LogP contribution is 2.29. The van der Waals surface area contributed by atoms with Gasteiger partial charge in [-0.1, -0.05) is 12.1 Å². The van der Waals surface area contributed by atoms with Gasteiger partial charge in [0.1, 0.15) is 17.6 Å². The molecule has 6 nitrogen and oxygen atoms in total. The Morgan fingerprint density at radius 1 is 1.21 bits per heavy atom. The summed E-state index contributed by atoms with van der Waals surface area (Å²) in [5, 5.41) is 2.12. The lowest BCUT2D eigenvalue weighted by molar-refractivity contribution is -0.134. The van der Waals surface area contributed by atoms with Crippen LogP contribution in [-0.2, 0) is 17.9 Å². The fourth-order valence-corrected chi connectivity index (χ4v) is 4.76. The summed E-state index contributed by atoms with van der Waals surface area (Å²) in [6.45, 7) is 8.41. The first-order chi connectivity index (χ1) is 14.1. The number of carbonyl (C=O) groups excluding carboxylic acids is 1. The third-order valence-electron chi connectivity index (χ3n) is 5.56. The maximum absolute atomic E-state index is 12.9. The molecule has 1 unspecified atom stereocenters. The van der Waals surface area contributed by atoms with Crippen molar-refractivity contribution in [3.8, 4) is 11.5 Å². The van der Waals surface area contributed by atoms with E-state index in [9.17, 15) is 4.79 Å². The van der Waals surface area contributed by atoms with Crippen molar-refractivity contribution < 1.29 is 14.3 Å². The third-order valence-corrected chi connectivity index (χ3v) is 6.42. The highest BCUT2D eigenvalue weighted by Gasteiger charge is 2.26. The number of thiophene rings is 1. The number of ether oxygens (including phenoxy) is 2. The molecule has 1 fully saturated rings. The van der Waals surface area contributed by atoms with E-state index in [0.29, 0.717) is 13.1 Å². The minimum absolute atomic E-state index is 0.0267. The molecule has 156 valence electrons. The summed E-state index contributed by atoms with van der Waals surface area (Å²) < 4.78 is 11.4. The van der Waals surface area contributed by atoms with Crippen molar-refractivity contribution >= 4 is 17.2 Å². The number of benzene rings is 1. The highest BCUT2D eigenvalue weighted by molar-refractivity contribution is 7.09. The van der Waals surface area contributed by atoms with E-state index in [-0.39, 0.29) is 12.0 Å². The van der Waals surface area contributed by atoms with Gasteiger partial charge in [0.15, 0.2) is 0 Å². The van der Waals surface area contributed by atoms with Crippen LogP contribution in [0.5, 0.6) is 11.5 Å². The van der Waals surface area contributed by atoms with Gasteiger partial charge in [-0.05, 0) is 24.4 Å². The van der Waals surface area contributed by atoms with Crippen molar-refractivity contribution in [2.75, 3.05) is 46.4 Å². The van der Waals surface area contributed by atoms with Crippen molar-refractivity contribution in [1.29, 1.82) is 0 Å². The molecule has 0 N–H and O–H groups in total. The van der Waals surface area contributed by atoms with Gasteiger partial charge in [-0.15, -0.1) is 11.3 Å². The third kappa shape index (κ3) is 5.10. The van der Waals surface area contributed by atoms with E-state index in [2.05, 4.69) is 34.2 Å². The molecule has 0 aliphatic carbocycles. The molecule has 1 aromatic heterocycles. The molecule has 1 aromatic carbocycles. The Bertz CT molecular complexity index is 819. The van der Waals surface area contributed by atoms with Crippen LogP contribution in [0.15, 0.2) is 35.7 Å². The number of fused-ring (bicyclic) bond motifs is 1. The lowest BCUT2D eigenvalue weighted by Gasteiger charge is -2.35. The Morgan fingerprint density at radius 2 is 2.03 bits per heavy atom. The Hall–Kier alpha value is -2.09. The molecule has 4 rings (SSSR count). The standard InChI is InChI=1S/C22H29N3O3S/c1-17-13-24(14-18-5-6-19(27-2)12-21(18)28-17)16-22(26)25-9-7-23(8-10-25)15-20-4-3-11-29-20/h3-6,11-12,17H,7-10,13-16H2,1-2H3. The van der Waals surface area contributed by atoms with Gasteiger partial charge < -0.3 is 14.4 Å². The fourth-order valence-electron chi connectivity index (χ4n) is 4.02. The van der Waals surface area contributed by atoms with Crippen molar-refractivity contribution in [3.05, 3.63) is 46.2 Å². The topological polar surface area (TPSA) is 45.3 Å². The molecule has 1 saturated heterocycles. The quantitative estimate of drug-likeness (QED) is 0.751. The van der Waals surface area contributed by atoms with Crippen LogP contribution in [-0.4, -0.2) is 73.1 Å². The number of carbonyl (C=O) groups is 1. The molecule has 7 heteroatoms. The molecule has 29 heavy (non-hydrogen) atoms. The molecular weight excluding hydrogens is 386 g/mol. The van der Waals surface area contributed by atoms with E-state index in [4.69, 9.17) is 9.47 Å². The second-order valence-electron chi connectivity index (χ2n) is 7.81. The first kappa shape index (κ1) is 20.2. The molecule has 3 heterocycles. The van der Waals surface area contributed by atoms with Crippen molar-refractivity contribution in [1.82, 2.24) is 14.7 Å². The summed E-state index contributed by atoms with van der Waals surface area (Å²) in [6.07, 6.45) is 0.0267. The largest absolute Gasteiger partial charge is 0.497 e. The van der Waals surface area contributed by atoms with Crippen LogP contribution in [0.1, 0.15) is 17.4 Å². The predicted molar refractivity (Wildman–Crippen MR) is 115 cm³/mol. The van der Waals surface area contributed by atoms with Crippen LogP contribution >= 0.6 is 11.3 Å². The van der Waals surface area contributed by atoms with Gasteiger partial charge in [0.05, 0.1) is 13.7 Å². The number of piperazine rings is 1. The molecule has 0 spiro atoms. The first-order valence-electron chi connectivity index (χ1n) is 10.2. The zero-order chi connectivity index (χ0) is 20.2. The van der Waals surface area contributed by atoms with E-state index in [1.807, 2.05) is 23.1 Å². The zero-order valence-electron chi connectivity index (χ0n) is 17.2. The maximum Gasteiger partial charge on any atom is 0.236 e. The minimum Gasteiger partial charge on any atom is -0.497 e. The number of hydrogen-bond acceptors (Lipinski definition) is 6. The molecule has 1 amide bonds. The van der Waals surface area contributed by atoms with Gasteiger partial charge in [0, 0.05) is 62.3 Å². The second-order valence-corrected chi connectivity index (χ2v) is 8.84. The number of rotatable bonds is 5. The summed E-state index contributed by atoms with van der Waals surface area (Å²) in [5.41, 5.74) is 1.10. The monoisotopic (exact) mass is 415 g/mol. The first-order valence-corrected chi connectivity index (χ1v) is 11.1. The Morgan fingerprint density at radius 3 is 2.76 bits per heavy atom. The molecular formula is C22H29N3O3S. The van der Waals surface area contributed by atoms with Crippen LogP contribution in [0.3, 0.4) is 0 Å². The number of nitrogens with zero attached hydrogens (tertiary/aromatic N) is 3. The molecule has 0 saturated carbocycles. The smallest absolute Gasteiger partial charge is 0.236 e. The molecule has 2 aliphatic rings. The van der Waals surface area contributed by atoms with Crippen LogP contribution in [0.2, 0.25) is 0 Å². The number of methoxy groups -OCH3 is 1. The summed E-state index contributed by atoms with van der Waals surface area (Å²) in [6, 6.07) is 10.2. The lowest BCUT2D eigenvalue weighted by Crippen LogP contribution is -2.51. The van der Waals surface area contributed by atoms with E-state index < -0.39 is 0 Å². The molecule has 2 aromatic rings. The summed E-state index contributed by atoms with van der Waals surface area (Å²) in [5.74, 6) is 1.86. The van der Waals surface area contributed by atoms with Crippen molar-refractivity contribution in [2.45, 2.75) is 26.1 Å². The normalized spacial score (nSPS) is 20.6. The zero-order valence-corrected chi connectivity index (χ0v) is 18.0. The van der Waals surface area contributed by atoms with Gasteiger partial charge >= 0.3 is 0 Å². The van der Waals surface area contributed by atoms with Crippen molar-refractivity contribution in [2.24, 2.45) is 0 Å². The molecule has 1 atom stereocenters. The predicted octanol–water partition coefficient (Wildman–Crippen LogP) is 2.68. The Balaban J connectivity index is 1.32. The van der Waals surface area contributed by atoms with Gasteiger partial charge in [0.2, 0.25) is 5.91 Å².